The molecule has 0 spiro atoms. The van der Waals surface area contributed by atoms with Crippen LogP contribution in [0.3, 0.4) is 0 Å². The molecule has 0 radical (unpaired) electrons. The summed E-state index contributed by atoms with van der Waals surface area (Å²) in [5.74, 6) is 1.61. The summed E-state index contributed by atoms with van der Waals surface area (Å²) in [6, 6.07) is 9.10. The highest BCUT2D eigenvalue weighted by Gasteiger charge is 2.27. The Kier molecular flexibility index (Phi) is 4.11. The molecule has 0 saturated carbocycles. The van der Waals surface area contributed by atoms with E-state index in [4.69, 9.17) is 5.26 Å². The van der Waals surface area contributed by atoms with Crippen molar-refractivity contribution in [3.05, 3.63) is 47.0 Å². The number of benzene rings is 1. The Morgan fingerprint density at radius 1 is 1.39 bits per heavy atom. The van der Waals surface area contributed by atoms with Crippen molar-refractivity contribution < 1.29 is 4.79 Å². The average Bonchev–Trinajstić information content (AvgIpc) is 2.92. The molecular weight excluding hydrogens is 290 g/mol. The van der Waals surface area contributed by atoms with Crippen molar-refractivity contribution >= 4 is 5.91 Å². The van der Waals surface area contributed by atoms with E-state index in [1.54, 1.807) is 24.3 Å². The highest BCUT2D eigenvalue weighted by molar-refractivity contribution is 5.94. The minimum Gasteiger partial charge on any atom is -0.336 e. The van der Waals surface area contributed by atoms with Gasteiger partial charge in [-0.05, 0) is 44.9 Å². The normalized spacial score (nSPS) is 17.8. The van der Waals surface area contributed by atoms with Crippen LogP contribution in [0.15, 0.2) is 24.3 Å². The van der Waals surface area contributed by atoms with E-state index in [1.165, 1.54) is 0 Å². The molecule has 1 atom stereocenters. The topological polar surface area (TPSA) is 74.8 Å². The number of hydrogen-bond acceptors (Lipinski definition) is 4. The Morgan fingerprint density at radius 3 is 2.91 bits per heavy atom. The van der Waals surface area contributed by atoms with Crippen LogP contribution in [-0.4, -0.2) is 38.7 Å². The smallest absolute Gasteiger partial charge is 0.253 e. The number of piperidine rings is 1. The lowest BCUT2D eigenvalue weighted by Gasteiger charge is -2.33. The maximum atomic E-state index is 12.7. The number of amides is 1. The molecule has 0 N–H and O–H groups in total. The van der Waals surface area contributed by atoms with Crippen molar-refractivity contribution in [2.45, 2.75) is 32.7 Å². The van der Waals surface area contributed by atoms with E-state index in [-0.39, 0.29) is 11.9 Å². The summed E-state index contributed by atoms with van der Waals surface area (Å²) in [5, 5.41) is 13.4. The molecule has 2 aromatic rings. The predicted molar refractivity (Wildman–Crippen MR) is 84.8 cm³/mol. The number of nitriles is 1. The molecule has 3 rings (SSSR count). The zero-order valence-electron chi connectivity index (χ0n) is 13.4. The number of aromatic nitrogens is 3. The minimum atomic E-state index is -0.0266. The number of likely N-dealkylation sites (tertiary alicyclic amines) is 1. The highest BCUT2D eigenvalue weighted by Crippen LogP contribution is 2.23. The summed E-state index contributed by atoms with van der Waals surface area (Å²) in [6.45, 7) is 5.18. The molecule has 23 heavy (non-hydrogen) atoms. The first kappa shape index (κ1) is 15.2. The number of aryl methyl sites for hydroxylation is 2. The molecule has 118 valence electrons. The van der Waals surface area contributed by atoms with E-state index < -0.39 is 0 Å². The van der Waals surface area contributed by atoms with Crippen molar-refractivity contribution in [1.29, 1.82) is 5.26 Å². The molecule has 1 unspecified atom stereocenters. The van der Waals surface area contributed by atoms with Crippen LogP contribution in [0.2, 0.25) is 0 Å². The largest absolute Gasteiger partial charge is 0.336 e. The van der Waals surface area contributed by atoms with Gasteiger partial charge in [-0.15, -0.1) is 0 Å². The lowest BCUT2D eigenvalue weighted by Crippen LogP contribution is -2.41. The number of rotatable bonds is 2. The van der Waals surface area contributed by atoms with Crippen molar-refractivity contribution in [2.75, 3.05) is 13.1 Å². The van der Waals surface area contributed by atoms with Gasteiger partial charge in [0.1, 0.15) is 11.6 Å². The van der Waals surface area contributed by atoms with Crippen LogP contribution in [0.1, 0.15) is 46.5 Å². The zero-order chi connectivity index (χ0) is 16.4. The van der Waals surface area contributed by atoms with Gasteiger partial charge in [-0.25, -0.2) is 9.67 Å². The monoisotopic (exact) mass is 309 g/mol. The standard InChI is InChI=1S/C17H19N5O/c1-12-19-13(2)22(20-12)16-7-4-8-21(11-16)17(23)15-6-3-5-14(9-15)10-18/h3,5-6,9,16H,4,7-8,11H2,1-2H3. The molecule has 1 aromatic heterocycles. The third-order valence-corrected chi connectivity index (χ3v) is 4.18. The molecule has 1 aliphatic heterocycles. The zero-order valence-corrected chi connectivity index (χ0v) is 13.4. The molecule has 2 heterocycles. The van der Waals surface area contributed by atoms with Gasteiger partial charge in [0, 0.05) is 18.7 Å². The van der Waals surface area contributed by atoms with Gasteiger partial charge in [-0.3, -0.25) is 4.79 Å². The Bertz CT molecular complexity index is 774. The van der Waals surface area contributed by atoms with Gasteiger partial charge in [0.25, 0.3) is 5.91 Å². The Labute approximate surface area is 135 Å². The lowest BCUT2D eigenvalue weighted by molar-refractivity contribution is 0.0671. The van der Waals surface area contributed by atoms with Crippen molar-refractivity contribution in [3.63, 3.8) is 0 Å². The molecule has 6 nitrogen and oxygen atoms in total. The molecule has 1 amide bonds. The molecule has 1 fully saturated rings. The molecule has 6 heteroatoms. The number of carbonyl (C=O) groups is 1. The van der Waals surface area contributed by atoms with Crippen LogP contribution in [0.4, 0.5) is 0 Å². The molecule has 0 bridgehead atoms. The van der Waals surface area contributed by atoms with Gasteiger partial charge in [-0.1, -0.05) is 6.07 Å². The van der Waals surface area contributed by atoms with Gasteiger partial charge in [-0.2, -0.15) is 10.4 Å². The van der Waals surface area contributed by atoms with Crippen molar-refractivity contribution in [1.82, 2.24) is 19.7 Å². The maximum Gasteiger partial charge on any atom is 0.253 e. The first-order chi connectivity index (χ1) is 11.1. The van der Waals surface area contributed by atoms with E-state index in [0.29, 0.717) is 17.7 Å². The average molecular weight is 309 g/mol. The Morgan fingerprint density at radius 2 is 2.22 bits per heavy atom. The summed E-state index contributed by atoms with van der Waals surface area (Å²) in [7, 11) is 0. The van der Waals surface area contributed by atoms with Gasteiger partial charge in [0.05, 0.1) is 17.7 Å². The maximum absolute atomic E-state index is 12.7. The quantitative estimate of drug-likeness (QED) is 0.852. The Balaban J connectivity index is 1.79. The van der Waals surface area contributed by atoms with Crippen LogP contribution in [0.25, 0.3) is 0 Å². The SMILES string of the molecule is Cc1nc(C)n(C2CCCN(C(=O)c3cccc(C#N)c3)C2)n1. The first-order valence-electron chi connectivity index (χ1n) is 7.77. The summed E-state index contributed by atoms with van der Waals surface area (Å²) in [4.78, 5) is 18.9. The van der Waals surface area contributed by atoms with E-state index >= 15 is 0 Å². The minimum absolute atomic E-state index is 0.0266. The molecule has 1 aliphatic rings. The van der Waals surface area contributed by atoms with Gasteiger partial charge >= 0.3 is 0 Å². The second kappa shape index (κ2) is 6.21. The summed E-state index contributed by atoms with van der Waals surface area (Å²) < 4.78 is 1.93. The van der Waals surface area contributed by atoms with Gasteiger partial charge < -0.3 is 4.90 Å². The third kappa shape index (κ3) is 3.09. The van der Waals surface area contributed by atoms with Crippen LogP contribution in [0.5, 0.6) is 0 Å². The van der Waals surface area contributed by atoms with Crippen LogP contribution >= 0.6 is 0 Å². The first-order valence-corrected chi connectivity index (χ1v) is 7.77. The highest BCUT2D eigenvalue weighted by atomic mass is 16.2. The summed E-state index contributed by atoms with van der Waals surface area (Å²) >= 11 is 0. The van der Waals surface area contributed by atoms with Gasteiger partial charge in [0.15, 0.2) is 0 Å². The fourth-order valence-electron chi connectivity index (χ4n) is 3.13. The second-order valence-electron chi connectivity index (χ2n) is 5.89. The lowest BCUT2D eigenvalue weighted by atomic mass is 10.0. The van der Waals surface area contributed by atoms with E-state index in [2.05, 4.69) is 16.2 Å². The van der Waals surface area contributed by atoms with Crippen molar-refractivity contribution in [2.24, 2.45) is 0 Å². The second-order valence-corrected chi connectivity index (χ2v) is 5.89. The van der Waals surface area contributed by atoms with Gasteiger partial charge in [0.2, 0.25) is 0 Å². The number of carbonyl (C=O) groups excluding carboxylic acids is 1. The molecule has 1 saturated heterocycles. The fraction of sp³-hybridized carbons (Fsp3) is 0.412. The van der Waals surface area contributed by atoms with E-state index in [9.17, 15) is 4.79 Å². The molecule has 0 aliphatic carbocycles. The van der Waals surface area contributed by atoms with E-state index in [0.717, 1.165) is 31.0 Å². The van der Waals surface area contributed by atoms with Crippen LogP contribution < -0.4 is 0 Å². The third-order valence-electron chi connectivity index (χ3n) is 4.18. The van der Waals surface area contributed by atoms with E-state index in [1.807, 2.05) is 23.4 Å². The van der Waals surface area contributed by atoms with Crippen molar-refractivity contribution in [3.8, 4) is 6.07 Å². The Hall–Kier alpha value is -2.68. The summed E-state index contributed by atoms with van der Waals surface area (Å²) in [6.07, 6.45) is 1.93. The summed E-state index contributed by atoms with van der Waals surface area (Å²) in [5.41, 5.74) is 1.07. The molecular formula is C17H19N5O. The number of nitrogens with zero attached hydrogens (tertiary/aromatic N) is 5. The fourth-order valence-corrected chi connectivity index (χ4v) is 3.13. The number of hydrogen-bond donors (Lipinski definition) is 0. The predicted octanol–water partition coefficient (Wildman–Crippen LogP) is 2.24. The van der Waals surface area contributed by atoms with Crippen LogP contribution in [-0.2, 0) is 0 Å². The van der Waals surface area contributed by atoms with Crippen LogP contribution in [0, 0.1) is 25.2 Å². The molecule has 1 aromatic carbocycles.